The van der Waals surface area contributed by atoms with Gasteiger partial charge in [-0.1, -0.05) is 22.9 Å². The van der Waals surface area contributed by atoms with Crippen LogP contribution in [0.1, 0.15) is 11.3 Å². The first-order valence-electron chi connectivity index (χ1n) is 6.91. The number of thiol groups is 1. The van der Waals surface area contributed by atoms with E-state index in [9.17, 15) is 0 Å². The average molecular weight is 318 g/mol. The number of pyridine rings is 1. The Morgan fingerprint density at radius 1 is 1.14 bits per heavy atom. The van der Waals surface area contributed by atoms with Crippen LogP contribution in [-0.2, 0) is 7.05 Å². The number of rotatable bonds is 6. The molecule has 0 N–H and O–H groups in total. The van der Waals surface area contributed by atoms with E-state index < -0.39 is 0 Å². The molecular weight excluding hydrogens is 296 g/mol. The minimum absolute atomic E-state index is 1.00. The zero-order chi connectivity index (χ0) is 15.1. The van der Waals surface area contributed by atoms with Crippen molar-refractivity contribution in [1.82, 2.24) is 0 Å². The van der Waals surface area contributed by atoms with Gasteiger partial charge in [0.2, 0.25) is 5.69 Å². The van der Waals surface area contributed by atoms with Gasteiger partial charge in [0.25, 0.3) is 0 Å². The van der Waals surface area contributed by atoms with Gasteiger partial charge in [-0.15, -0.1) is 11.7 Å². The van der Waals surface area contributed by atoms with Crippen molar-refractivity contribution in [3.63, 3.8) is 0 Å². The van der Waals surface area contributed by atoms with E-state index in [4.69, 9.17) is 0 Å². The van der Waals surface area contributed by atoms with Crippen molar-refractivity contribution in [2.75, 3.05) is 24.2 Å². The molecule has 0 spiro atoms. The molecule has 0 saturated carbocycles. The van der Waals surface area contributed by atoms with Crippen LogP contribution in [0.2, 0.25) is 0 Å². The second kappa shape index (κ2) is 8.15. The third-order valence-electron chi connectivity index (χ3n) is 3.39. The number of hydrogen-bond acceptors (Lipinski definition) is 3. The van der Waals surface area contributed by atoms with Crippen molar-refractivity contribution in [3.05, 3.63) is 59.9 Å². The Labute approximate surface area is 136 Å². The van der Waals surface area contributed by atoms with Gasteiger partial charge in [0, 0.05) is 43.2 Å². The van der Waals surface area contributed by atoms with Crippen LogP contribution in [-0.4, -0.2) is 19.3 Å². The van der Waals surface area contributed by atoms with E-state index in [0.717, 1.165) is 12.3 Å². The van der Waals surface area contributed by atoms with Crippen LogP contribution in [0, 0.1) is 0 Å². The smallest absolute Gasteiger partial charge is 0.204 e. The zero-order valence-electron chi connectivity index (χ0n) is 12.4. The quantitative estimate of drug-likeness (QED) is 0.493. The maximum Gasteiger partial charge on any atom is 0.204 e. The van der Waals surface area contributed by atoms with Crippen LogP contribution in [0.5, 0.6) is 0 Å². The third kappa shape index (κ3) is 4.83. The molecule has 0 fully saturated rings. The molecule has 0 saturated heterocycles. The lowest BCUT2D eigenvalue weighted by Gasteiger charge is -2.18. The van der Waals surface area contributed by atoms with Gasteiger partial charge in [-0.2, -0.15) is 0 Å². The number of hydrogen-bond donors (Lipinski definition) is 1. The van der Waals surface area contributed by atoms with Crippen molar-refractivity contribution >= 4 is 40.3 Å². The maximum atomic E-state index is 4.17. The Morgan fingerprint density at radius 2 is 1.90 bits per heavy atom. The van der Waals surface area contributed by atoms with Gasteiger partial charge in [-0.25, -0.2) is 4.57 Å². The van der Waals surface area contributed by atoms with Crippen molar-refractivity contribution in [3.8, 4) is 0 Å². The molecule has 2 nitrogen and oxygen atoms in total. The fourth-order valence-electron chi connectivity index (χ4n) is 2.04. The maximum absolute atomic E-state index is 4.17. The fourth-order valence-corrected chi connectivity index (χ4v) is 2.64. The van der Waals surface area contributed by atoms with Crippen LogP contribution < -0.4 is 9.47 Å². The largest absolute Gasteiger partial charge is 0.374 e. The van der Waals surface area contributed by atoms with E-state index in [0.29, 0.717) is 0 Å². The summed E-state index contributed by atoms with van der Waals surface area (Å²) < 4.78 is 2.10. The molecule has 0 aliphatic carbocycles. The lowest BCUT2D eigenvalue weighted by Crippen LogP contribution is -2.30. The Kier molecular flexibility index (Phi) is 6.21. The van der Waals surface area contributed by atoms with Crippen LogP contribution >= 0.6 is 22.5 Å². The summed E-state index contributed by atoms with van der Waals surface area (Å²) in [4.78, 5) is 2.24. The minimum Gasteiger partial charge on any atom is -0.374 e. The van der Waals surface area contributed by atoms with Crippen LogP contribution in [0.4, 0.5) is 5.69 Å². The lowest BCUT2D eigenvalue weighted by atomic mass is 10.1. The number of nitrogens with zero attached hydrogens (tertiary/aromatic N) is 2. The van der Waals surface area contributed by atoms with Crippen LogP contribution in [0.15, 0.2) is 48.7 Å². The van der Waals surface area contributed by atoms with Gasteiger partial charge in [-0.05, 0) is 29.8 Å². The molecule has 4 heteroatoms. The highest BCUT2D eigenvalue weighted by molar-refractivity contribution is 8.68. The van der Waals surface area contributed by atoms with E-state index in [1.165, 1.54) is 16.9 Å². The van der Waals surface area contributed by atoms with Gasteiger partial charge in [0.05, 0.1) is 0 Å². The van der Waals surface area contributed by atoms with Gasteiger partial charge in [-0.3, -0.25) is 0 Å². The molecule has 110 valence electrons. The fraction of sp³-hybridized carbons (Fsp3) is 0.235. The monoisotopic (exact) mass is 317 g/mol. The molecule has 0 aliphatic rings. The summed E-state index contributed by atoms with van der Waals surface area (Å²) in [5, 5.41) is 0. The number of aromatic nitrogens is 1. The molecule has 2 rings (SSSR count). The highest BCUT2D eigenvalue weighted by Crippen LogP contribution is 2.16. The molecular formula is C17H21N2S2+. The first-order chi connectivity index (χ1) is 10.2. The van der Waals surface area contributed by atoms with Gasteiger partial charge < -0.3 is 4.90 Å². The predicted molar refractivity (Wildman–Crippen MR) is 97.7 cm³/mol. The molecule has 0 atom stereocenters. The normalized spacial score (nSPS) is 11.0. The standard InChI is InChI=1S/C17H20N2S2/c1-18-12-4-3-5-16(18)9-6-15-7-10-17(11-8-15)19(2)13-14-21-20/h3-12H,13-14H2,1-2H3/p+1. The Morgan fingerprint density at radius 3 is 2.57 bits per heavy atom. The molecule has 0 amide bonds. The summed E-state index contributed by atoms with van der Waals surface area (Å²) in [5.74, 6) is 1.02. The third-order valence-corrected chi connectivity index (χ3v) is 4.31. The van der Waals surface area contributed by atoms with Gasteiger partial charge in [0.15, 0.2) is 6.20 Å². The van der Waals surface area contributed by atoms with Crippen molar-refractivity contribution in [2.45, 2.75) is 0 Å². The average Bonchev–Trinajstić information content (AvgIpc) is 2.52. The van der Waals surface area contributed by atoms with Gasteiger partial charge >= 0.3 is 0 Å². The topological polar surface area (TPSA) is 7.12 Å². The molecule has 0 bridgehead atoms. The molecule has 21 heavy (non-hydrogen) atoms. The van der Waals surface area contributed by atoms with E-state index in [1.54, 1.807) is 10.8 Å². The minimum atomic E-state index is 1.00. The van der Waals surface area contributed by atoms with E-state index >= 15 is 0 Å². The number of benzene rings is 1. The molecule has 1 aromatic carbocycles. The summed E-state index contributed by atoms with van der Waals surface area (Å²) in [5.41, 5.74) is 3.63. The zero-order valence-corrected chi connectivity index (χ0v) is 14.1. The van der Waals surface area contributed by atoms with Crippen molar-refractivity contribution < 1.29 is 4.57 Å². The Bertz CT molecular complexity index is 594. The summed E-state index contributed by atoms with van der Waals surface area (Å²) in [6, 6.07) is 14.8. The molecule has 0 unspecified atom stereocenters. The predicted octanol–water partition coefficient (Wildman–Crippen LogP) is 3.70. The lowest BCUT2D eigenvalue weighted by molar-refractivity contribution is -0.673. The SMILES string of the molecule is CN(CCSS)c1ccc(/C=C/c2cccc[n+]2C)cc1. The Balaban J connectivity index is 2.04. The van der Waals surface area contributed by atoms with Crippen molar-refractivity contribution in [2.24, 2.45) is 7.05 Å². The molecule has 1 aromatic heterocycles. The summed E-state index contributed by atoms with van der Waals surface area (Å²) >= 11 is 4.17. The van der Waals surface area contributed by atoms with Gasteiger partial charge in [0.1, 0.15) is 7.05 Å². The Hall–Kier alpha value is -1.39. The molecule has 2 aromatic rings. The van der Waals surface area contributed by atoms with E-state index in [-0.39, 0.29) is 0 Å². The molecule has 0 radical (unpaired) electrons. The first kappa shape index (κ1) is 16.0. The number of aryl methyl sites for hydroxylation is 1. The highest BCUT2D eigenvalue weighted by Gasteiger charge is 2.01. The van der Waals surface area contributed by atoms with Crippen molar-refractivity contribution in [1.29, 1.82) is 0 Å². The molecule has 1 heterocycles. The summed E-state index contributed by atoms with van der Waals surface area (Å²) in [6.45, 7) is 1.00. The van der Waals surface area contributed by atoms with E-state index in [2.05, 4.69) is 90.0 Å². The summed E-state index contributed by atoms with van der Waals surface area (Å²) in [6.07, 6.45) is 6.33. The molecule has 0 aliphatic heterocycles. The van der Waals surface area contributed by atoms with Crippen LogP contribution in [0.25, 0.3) is 12.2 Å². The second-order valence-electron chi connectivity index (χ2n) is 4.92. The van der Waals surface area contributed by atoms with E-state index in [1.807, 2.05) is 6.07 Å². The highest BCUT2D eigenvalue weighted by atomic mass is 33.1. The number of anilines is 1. The first-order valence-corrected chi connectivity index (χ1v) is 8.95. The second-order valence-corrected chi connectivity index (χ2v) is 6.36. The summed E-state index contributed by atoms with van der Waals surface area (Å²) in [7, 11) is 5.74. The van der Waals surface area contributed by atoms with Crippen LogP contribution in [0.3, 0.4) is 0 Å².